The third kappa shape index (κ3) is 2.94. The second-order valence-corrected chi connectivity index (χ2v) is 6.66. The van der Waals surface area contributed by atoms with Crippen LogP contribution in [0, 0.1) is 11.8 Å². The van der Waals surface area contributed by atoms with Crippen molar-refractivity contribution in [2.45, 2.75) is 38.0 Å². The van der Waals surface area contributed by atoms with Gasteiger partial charge in [-0.25, -0.2) is 9.97 Å². The minimum atomic E-state index is -0.860. The summed E-state index contributed by atoms with van der Waals surface area (Å²) in [6.45, 7) is 2.75. The maximum atomic E-state index is 12.0. The lowest BCUT2D eigenvalue weighted by Crippen LogP contribution is -2.25. The van der Waals surface area contributed by atoms with Crippen molar-refractivity contribution < 1.29 is 9.90 Å². The van der Waals surface area contributed by atoms with E-state index in [0.717, 1.165) is 25.1 Å². The summed E-state index contributed by atoms with van der Waals surface area (Å²) in [5.74, 6) is 0.451. The quantitative estimate of drug-likeness (QED) is 0.776. The summed E-state index contributed by atoms with van der Waals surface area (Å²) in [5, 5.41) is 9.83. The lowest BCUT2D eigenvalue weighted by Gasteiger charge is -2.15. The SMILES string of the molecule is CCC[C@H](CN)C[C@@H]1C[C@@]1(C(=O)O)c1cn(-c2ccccn2)cn1. The highest BCUT2D eigenvalue weighted by atomic mass is 16.4. The van der Waals surface area contributed by atoms with Crippen LogP contribution in [0.25, 0.3) is 5.82 Å². The molecule has 6 nitrogen and oxygen atoms in total. The maximum absolute atomic E-state index is 12.0. The molecule has 1 fully saturated rings. The molecule has 3 N–H and O–H groups in total. The molecule has 2 aromatic heterocycles. The van der Waals surface area contributed by atoms with Gasteiger partial charge in [0.05, 0.1) is 5.69 Å². The van der Waals surface area contributed by atoms with E-state index in [1.54, 1.807) is 23.3 Å². The van der Waals surface area contributed by atoms with Crippen LogP contribution in [0.5, 0.6) is 0 Å². The van der Waals surface area contributed by atoms with Crippen LogP contribution in [0.1, 0.15) is 38.3 Å². The highest BCUT2D eigenvalue weighted by Crippen LogP contribution is 2.57. The van der Waals surface area contributed by atoms with E-state index in [1.807, 2.05) is 18.2 Å². The van der Waals surface area contributed by atoms with Crippen molar-refractivity contribution in [3.63, 3.8) is 0 Å². The Morgan fingerprint density at radius 2 is 2.33 bits per heavy atom. The standard InChI is InChI=1S/C18H24N4O2/c1-2-5-13(10-19)8-14-9-18(14,17(23)24)15-11-22(12-21-15)16-6-3-4-7-20-16/h3-4,6-7,11-14H,2,5,8-10,19H2,1H3,(H,23,24)/t13-,14+,18-/m0/s1. The van der Waals surface area contributed by atoms with Gasteiger partial charge in [0.25, 0.3) is 0 Å². The number of aromatic nitrogens is 3. The molecule has 1 aliphatic rings. The molecule has 3 rings (SSSR count). The van der Waals surface area contributed by atoms with E-state index in [-0.39, 0.29) is 5.92 Å². The number of imidazole rings is 1. The average Bonchev–Trinajstić information content (AvgIpc) is 3.11. The smallest absolute Gasteiger partial charge is 0.316 e. The van der Waals surface area contributed by atoms with E-state index < -0.39 is 11.4 Å². The number of hydrogen-bond donors (Lipinski definition) is 2. The first-order valence-electron chi connectivity index (χ1n) is 8.51. The molecule has 0 bridgehead atoms. The van der Waals surface area contributed by atoms with Gasteiger partial charge in [-0.15, -0.1) is 0 Å². The van der Waals surface area contributed by atoms with E-state index in [0.29, 0.717) is 24.6 Å². The summed E-state index contributed by atoms with van der Waals surface area (Å²) in [6.07, 6.45) is 8.76. The van der Waals surface area contributed by atoms with Crippen molar-refractivity contribution in [3.8, 4) is 5.82 Å². The number of hydrogen-bond acceptors (Lipinski definition) is 4. The van der Waals surface area contributed by atoms with Gasteiger partial charge in [0.15, 0.2) is 0 Å². The molecule has 0 spiro atoms. The third-order valence-corrected chi connectivity index (χ3v) is 5.09. The fourth-order valence-corrected chi connectivity index (χ4v) is 3.63. The molecule has 128 valence electrons. The number of pyridine rings is 1. The van der Waals surface area contributed by atoms with Crippen LogP contribution in [-0.4, -0.2) is 32.2 Å². The zero-order valence-electron chi connectivity index (χ0n) is 13.9. The number of rotatable bonds is 8. The van der Waals surface area contributed by atoms with Gasteiger partial charge in [0, 0.05) is 12.4 Å². The topological polar surface area (TPSA) is 94.0 Å². The number of nitrogens with zero attached hydrogens (tertiary/aromatic N) is 3. The predicted molar refractivity (Wildman–Crippen MR) is 90.8 cm³/mol. The molecule has 0 saturated heterocycles. The second kappa shape index (κ2) is 6.73. The highest BCUT2D eigenvalue weighted by Gasteiger charge is 2.63. The van der Waals surface area contributed by atoms with Gasteiger partial charge in [0.1, 0.15) is 17.6 Å². The summed E-state index contributed by atoms with van der Waals surface area (Å²) in [5.41, 5.74) is 5.61. The van der Waals surface area contributed by atoms with E-state index in [4.69, 9.17) is 5.73 Å². The van der Waals surface area contributed by atoms with Crippen molar-refractivity contribution in [1.29, 1.82) is 0 Å². The highest BCUT2D eigenvalue weighted by molar-refractivity contribution is 5.85. The summed E-state index contributed by atoms with van der Waals surface area (Å²) in [6, 6.07) is 5.61. The number of carboxylic acids is 1. The van der Waals surface area contributed by atoms with Crippen LogP contribution >= 0.6 is 0 Å². The molecule has 2 aromatic rings. The van der Waals surface area contributed by atoms with Gasteiger partial charge in [-0.1, -0.05) is 19.4 Å². The van der Waals surface area contributed by atoms with Crippen LogP contribution in [0.4, 0.5) is 0 Å². The molecule has 2 heterocycles. The average molecular weight is 328 g/mol. The van der Waals surface area contributed by atoms with Crippen LogP contribution in [-0.2, 0) is 10.2 Å². The van der Waals surface area contributed by atoms with Crippen LogP contribution in [0.2, 0.25) is 0 Å². The van der Waals surface area contributed by atoms with Crippen molar-refractivity contribution in [1.82, 2.24) is 14.5 Å². The Hall–Kier alpha value is -2.21. The number of nitrogens with two attached hydrogens (primary N) is 1. The van der Waals surface area contributed by atoms with E-state index >= 15 is 0 Å². The molecule has 0 unspecified atom stereocenters. The predicted octanol–water partition coefficient (Wildman–Crippen LogP) is 2.37. The first-order chi connectivity index (χ1) is 11.6. The van der Waals surface area contributed by atoms with Crippen LogP contribution in [0.15, 0.2) is 36.9 Å². The lowest BCUT2D eigenvalue weighted by molar-refractivity contribution is -0.140. The first kappa shape index (κ1) is 16.6. The molecule has 1 aliphatic carbocycles. The van der Waals surface area contributed by atoms with Gasteiger partial charge in [-0.3, -0.25) is 9.36 Å². The summed E-state index contributed by atoms with van der Waals surface area (Å²) < 4.78 is 1.78. The van der Waals surface area contributed by atoms with Crippen LogP contribution < -0.4 is 5.73 Å². The van der Waals surface area contributed by atoms with Crippen molar-refractivity contribution in [3.05, 3.63) is 42.6 Å². The molecular weight excluding hydrogens is 304 g/mol. The fourth-order valence-electron chi connectivity index (χ4n) is 3.63. The molecule has 24 heavy (non-hydrogen) atoms. The maximum Gasteiger partial charge on any atom is 0.316 e. The van der Waals surface area contributed by atoms with Gasteiger partial charge >= 0.3 is 5.97 Å². The van der Waals surface area contributed by atoms with Crippen molar-refractivity contribution in [2.24, 2.45) is 17.6 Å². The summed E-state index contributed by atoms with van der Waals surface area (Å²) in [7, 11) is 0. The molecule has 0 aromatic carbocycles. The zero-order chi connectivity index (χ0) is 17.2. The van der Waals surface area contributed by atoms with E-state index in [9.17, 15) is 9.90 Å². The van der Waals surface area contributed by atoms with Crippen molar-refractivity contribution >= 4 is 5.97 Å². The van der Waals surface area contributed by atoms with Gasteiger partial charge in [-0.2, -0.15) is 0 Å². The zero-order valence-corrected chi connectivity index (χ0v) is 13.9. The van der Waals surface area contributed by atoms with Crippen molar-refractivity contribution in [2.75, 3.05) is 6.54 Å². The molecule has 6 heteroatoms. The molecule has 3 atom stereocenters. The Bertz CT molecular complexity index is 700. The Balaban J connectivity index is 1.81. The Kier molecular flexibility index (Phi) is 4.66. The molecule has 0 amide bonds. The van der Waals surface area contributed by atoms with Crippen LogP contribution in [0.3, 0.4) is 0 Å². The van der Waals surface area contributed by atoms with E-state index in [1.165, 1.54) is 0 Å². The normalized spacial score (nSPS) is 23.8. The van der Waals surface area contributed by atoms with E-state index in [2.05, 4.69) is 16.9 Å². The van der Waals surface area contributed by atoms with Gasteiger partial charge in [0.2, 0.25) is 0 Å². The second-order valence-electron chi connectivity index (χ2n) is 6.66. The summed E-state index contributed by atoms with van der Waals surface area (Å²) in [4.78, 5) is 20.6. The largest absolute Gasteiger partial charge is 0.481 e. The number of aliphatic carboxylic acids is 1. The number of carbonyl (C=O) groups is 1. The molecular formula is C18H24N4O2. The minimum Gasteiger partial charge on any atom is -0.481 e. The Labute approximate surface area is 141 Å². The Morgan fingerprint density at radius 1 is 1.50 bits per heavy atom. The summed E-state index contributed by atoms with van der Waals surface area (Å²) >= 11 is 0. The fraction of sp³-hybridized carbons (Fsp3) is 0.500. The monoisotopic (exact) mass is 328 g/mol. The molecule has 1 saturated carbocycles. The van der Waals surface area contributed by atoms with Gasteiger partial charge in [-0.05, 0) is 49.8 Å². The Morgan fingerprint density at radius 3 is 2.96 bits per heavy atom. The van der Waals surface area contributed by atoms with Gasteiger partial charge < -0.3 is 10.8 Å². The third-order valence-electron chi connectivity index (χ3n) is 5.09. The number of carboxylic acid groups (broad SMARTS) is 1. The molecule has 0 radical (unpaired) electrons. The minimum absolute atomic E-state index is 0.113. The first-order valence-corrected chi connectivity index (χ1v) is 8.51. The lowest BCUT2D eigenvalue weighted by atomic mass is 9.91. The molecule has 0 aliphatic heterocycles.